The average molecular weight is 241 g/mol. The van der Waals surface area contributed by atoms with Gasteiger partial charge in [-0.1, -0.05) is 18.2 Å². The summed E-state index contributed by atoms with van der Waals surface area (Å²) in [6.45, 7) is 2.51. The molecule has 1 N–H and O–H groups in total. The molecular weight excluding hydrogens is 226 g/mol. The molecule has 1 aromatic heterocycles. The third kappa shape index (κ3) is 2.37. The predicted octanol–water partition coefficient (Wildman–Crippen LogP) is 2.56. The number of guanidine groups is 1. The number of para-hydroxylation sites is 1. The van der Waals surface area contributed by atoms with Crippen molar-refractivity contribution in [3.63, 3.8) is 0 Å². The first-order valence-corrected chi connectivity index (χ1v) is 6.06. The van der Waals surface area contributed by atoms with Gasteiger partial charge in [0.2, 0.25) is 0 Å². The van der Waals surface area contributed by atoms with Crippen molar-refractivity contribution in [2.45, 2.75) is 6.54 Å². The van der Waals surface area contributed by atoms with Crippen molar-refractivity contribution in [2.75, 3.05) is 18.4 Å². The number of furan rings is 1. The van der Waals surface area contributed by atoms with Crippen molar-refractivity contribution in [2.24, 2.45) is 4.99 Å². The second kappa shape index (κ2) is 4.96. The Bertz CT molecular complexity index is 519. The number of benzene rings is 1. The molecule has 1 aromatic carbocycles. The summed E-state index contributed by atoms with van der Waals surface area (Å²) in [5.74, 6) is 1.87. The third-order valence-electron chi connectivity index (χ3n) is 2.89. The first-order valence-electron chi connectivity index (χ1n) is 6.06. The number of hydrogen-bond donors (Lipinski definition) is 1. The second-order valence-electron chi connectivity index (χ2n) is 4.20. The van der Waals surface area contributed by atoms with Crippen molar-refractivity contribution in [3.8, 4) is 0 Å². The molecule has 0 unspecified atom stereocenters. The van der Waals surface area contributed by atoms with E-state index in [1.54, 1.807) is 6.26 Å². The molecule has 2 heterocycles. The van der Waals surface area contributed by atoms with Crippen LogP contribution in [0, 0.1) is 0 Å². The lowest BCUT2D eigenvalue weighted by Gasteiger charge is -2.19. The molecule has 18 heavy (non-hydrogen) atoms. The van der Waals surface area contributed by atoms with Crippen LogP contribution in [-0.4, -0.2) is 23.9 Å². The number of nitrogens with zero attached hydrogens (tertiary/aromatic N) is 2. The van der Waals surface area contributed by atoms with Crippen LogP contribution in [0.3, 0.4) is 0 Å². The summed E-state index contributed by atoms with van der Waals surface area (Å²) in [5, 5.41) is 3.34. The molecule has 2 aromatic rings. The van der Waals surface area contributed by atoms with E-state index in [-0.39, 0.29) is 0 Å². The topological polar surface area (TPSA) is 40.8 Å². The molecule has 3 rings (SSSR count). The zero-order valence-corrected chi connectivity index (χ0v) is 10.0. The van der Waals surface area contributed by atoms with Crippen molar-refractivity contribution in [3.05, 3.63) is 54.5 Å². The highest BCUT2D eigenvalue weighted by Crippen LogP contribution is 2.13. The molecule has 0 saturated carbocycles. The Morgan fingerprint density at radius 3 is 2.83 bits per heavy atom. The molecule has 1 aliphatic rings. The lowest BCUT2D eigenvalue weighted by Crippen LogP contribution is -2.32. The summed E-state index contributed by atoms with van der Waals surface area (Å²) >= 11 is 0. The van der Waals surface area contributed by atoms with Crippen LogP contribution in [0.4, 0.5) is 5.69 Å². The molecule has 0 saturated heterocycles. The van der Waals surface area contributed by atoms with Gasteiger partial charge in [-0.05, 0) is 24.3 Å². The van der Waals surface area contributed by atoms with Gasteiger partial charge in [-0.15, -0.1) is 0 Å². The van der Waals surface area contributed by atoms with E-state index >= 15 is 0 Å². The zero-order chi connectivity index (χ0) is 12.2. The molecule has 4 nitrogen and oxygen atoms in total. The van der Waals surface area contributed by atoms with Gasteiger partial charge >= 0.3 is 0 Å². The Kier molecular flexibility index (Phi) is 3.00. The van der Waals surface area contributed by atoms with Crippen LogP contribution < -0.4 is 5.32 Å². The third-order valence-corrected chi connectivity index (χ3v) is 2.89. The summed E-state index contributed by atoms with van der Waals surface area (Å²) in [4.78, 5) is 6.67. The van der Waals surface area contributed by atoms with E-state index in [4.69, 9.17) is 4.42 Å². The van der Waals surface area contributed by atoms with Crippen LogP contribution in [0.15, 0.2) is 58.1 Å². The van der Waals surface area contributed by atoms with E-state index < -0.39 is 0 Å². The van der Waals surface area contributed by atoms with Crippen molar-refractivity contribution in [1.29, 1.82) is 0 Å². The van der Waals surface area contributed by atoms with Crippen LogP contribution in [0.25, 0.3) is 0 Å². The number of hydrogen-bond acceptors (Lipinski definition) is 4. The predicted molar refractivity (Wildman–Crippen MR) is 71.5 cm³/mol. The van der Waals surface area contributed by atoms with Gasteiger partial charge in [-0.25, -0.2) is 0 Å². The minimum absolute atomic E-state index is 0.756. The Labute approximate surface area is 106 Å². The standard InChI is InChI=1S/C14H15N3O/c1-2-5-12(6-3-1)16-14-15-8-9-17(14)11-13-7-4-10-18-13/h1-7,10H,8-9,11H2,(H,15,16). The smallest absolute Gasteiger partial charge is 0.199 e. The molecule has 92 valence electrons. The van der Waals surface area contributed by atoms with Crippen molar-refractivity contribution >= 4 is 11.6 Å². The lowest BCUT2D eigenvalue weighted by molar-refractivity contribution is 0.385. The normalized spacial score (nSPS) is 14.7. The summed E-state index contributed by atoms with van der Waals surface area (Å²) < 4.78 is 5.37. The molecule has 1 aliphatic heterocycles. The monoisotopic (exact) mass is 241 g/mol. The second-order valence-corrected chi connectivity index (χ2v) is 4.20. The van der Waals surface area contributed by atoms with Gasteiger partial charge in [0.05, 0.1) is 19.4 Å². The Morgan fingerprint density at radius 2 is 2.06 bits per heavy atom. The fraction of sp³-hybridized carbons (Fsp3) is 0.214. The van der Waals surface area contributed by atoms with Gasteiger partial charge in [-0.3, -0.25) is 4.99 Å². The highest BCUT2D eigenvalue weighted by atomic mass is 16.3. The van der Waals surface area contributed by atoms with Crippen molar-refractivity contribution in [1.82, 2.24) is 4.90 Å². The first-order chi connectivity index (χ1) is 8.92. The highest BCUT2D eigenvalue weighted by Gasteiger charge is 2.17. The van der Waals surface area contributed by atoms with Gasteiger partial charge in [0, 0.05) is 12.2 Å². The van der Waals surface area contributed by atoms with E-state index in [9.17, 15) is 0 Å². The Hall–Kier alpha value is -2.23. The summed E-state index contributed by atoms with van der Waals surface area (Å²) in [5.41, 5.74) is 1.06. The van der Waals surface area contributed by atoms with Crippen LogP contribution in [-0.2, 0) is 6.54 Å². The molecule has 0 aliphatic carbocycles. The summed E-state index contributed by atoms with van der Waals surface area (Å²) in [6.07, 6.45) is 1.70. The SMILES string of the molecule is c1ccc(NC2=NCCN2Cc2ccco2)cc1. The van der Waals surface area contributed by atoms with E-state index in [1.165, 1.54) is 0 Å². The molecule has 0 spiro atoms. The molecule has 0 atom stereocenters. The molecular formula is C14H15N3O. The molecule has 0 radical (unpaired) electrons. The van der Waals surface area contributed by atoms with Gasteiger partial charge < -0.3 is 14.6 Å². The quantitative estimate of drug-likeness (QED) is 0.897. The maximum absolute atomic E-state index is 5.37. The fourth-order valence-electron chi connectivity index (χ4n) is 2.00. The van der Waals surface area contributed by atoms with Gasteiger partial charge in [0.25, 0.3) is 0 Å². The summed E-state index contributed by atoms with van der Waals surface area (Å²) in [6, 6.07) is 14.0. The largest absolute Gasteiger partial charge is 0.467 e. The summed E-state index contributed by atoms with van der Waals surface area (Å²) in [7, 11) is 0. The molecule has 0 fully saturated rings. The fourth-order valence-corrected chi connectivity index (χ4v) is 2.00. The molecule has 0 amide bonds. The van der Waals surface area contributed by atoms with Crippen LogP contribution in [0.1, 0.15) is 5.76 Å². The van der Waals surface area contributed by atoms with Gasteiger partial charge in [-0.2, -0.15) is 0 Å². The van der Waals surface area contributed by atoms with E-state index in [0.717, 1.165) is 37.0 Å². The number of rotatable bonds is 3. The van der Waals surface area contributed by atoms with Crippen LogP contribution >= 0.6 is 0 Å². The van der Waals surface area contributed by atoms with Crippen LogP contribution in [0.2, 0.25) is 0 Å². The van der Waals surface area contributed by atoms with E-state index in [2.05, 4.69) is 15.2 Å². The maximum Gasteiger partial charge on any atom is 0.199 e. The average Bonchev–Trinajstić information content (AvgIpc) is 3.04. The van der Waals surface area contributed by atoms with Crippen LogP contribution in [0.5, 0.6) is 0 Å². The molecule has 4 heteroatoms. The van der Waals surface area contributed by atoms with Gasteiger partial charge in [0.15, 0.2) is 5.96 Å². The van der Waals surface area contributed by atoms with E-state index in [1.807, 2.05) is 42.5 Å². The number of anilines is 1. The maximum atomic E-state index is 5.37. The highest BCUT2D eigenvalue weighted by molar-refractivity contribution is 5.94. The van der Waals surface area contributed by atoms with Crippen molar-refractivity contribution < 1.29 is 4.42 Å². The lowest BCUT2D eigenvalue weighted by atomic mass is 10.3. The number of nitrogens with one attached hydrogen (secondary N) is 1. The zero-order valence-electron chi connectivity index (χ0n) is 10.0. The minimum Gasteiger partial charge on any atom is -0.467 e. The first kappa shape index (κ1) is 10.9. The number of aliphatic imine (C=N–C) groups is 1. The van der Waals surface area contributed by atoms with Gasteiger partial charge in [0.1, 0.15) is 5.76 Å². The Balaban J connectivity index is 1.68. The Morgan fingerprint density at radius 1 is 1.17 bits per heavy atom. The minimum atomic E-state index is 0.756. The molecule has 0 bridgehead atoms. The van der Waals surface area contributed by atoms with E-state index in [0.29, 0.717) is 0 Å².